The zero-order valence-corrected chi connectivity index (χ0v) is 19.3. The molecule has 2 aromatic heterocycles. The second kappa shape index (κ2) is 9.43. The predicted molar refractivity (Wildman–Crippen MR) is 128 cm³/mol. The summed E-state index contributed by atoms with van der Waals surface area (Å²) in [5.41, 5.74) is 2.87. The molecule has 0 bridgehead atoms. The van der Waals surface area contributed by atoms with E-state index in [2.05, 4.69) is 10.4 Å². The van der Waals surface area contributed by atoms with Crippen molar-refractivity contribution < 1.29 is 14.5 Å². The van der Waals surface area contributed by atoms with E-state index in [4.69, 9.17) is 16.3 Å². The largest absolute Gasteiger partial charge is 0.457 e. The molecule has 0 saturated heterocycles. The van der Waals surface area contributed by atoms with Crippen molar-refractivity contribution >= 4 is 40.2 Å². The fraction of sp³-hybridized carbons (Fsp3) is 0.130. The van der Waals surface area contributed by atoms with Crippen LogP contribution >= 0.6 is 22.9 Å². The maximum absolute atomic E-state index is 12.8. The highest BCUT2D eigenvalue weighted by Gasteiger charge is 2.16. The molecule has 10 heteroatoms. The molecule has 0 aliphatic rings. The smallest absolute Gasteiger partial charge is 0.275 e. The number of carbonyl (C=O) groups is 1. The van der Waals surface area contributed by atoms with Gasteiger partial charge < -0.3 is 10.1 Å². The van der Waals surface area contributed by atoms with Crippen molar-refractivity contribution in [2.75, 3.05) is 5.32 Å². The molecule has 1 amide bonds. The van der Waals surface area contributed by atoms with Gasteiger partial charge in [-0.1, -0.05) is 23.7 Å². The molecule has 8 nitrogen and oxygen atoms in total. The summed E-state index contributed by atoms with van der Waals surface area (Å²) < 4.78 is 7.58. The molecule has 2 heterocycles. The Labute approximate surface area is 198 Å². The third kappa shape index (κ3) is 5.57. The molecule has 0 unspecified atom stereocenters. The minimum Gasteiger partial charge on any atom is -0.457 e. The van der Waals surface area contributed by atoms with Gasteiger partial charge >= 0.3 is 0 Å². The fourth-order valence-corrected chi connectivity index (χ4v) is 4.10. The summed E-state index contributed by atoms with van der Waals surface area (Å²) in [6.07, 6.45) is 3.24. The number of nitrogens with zero attached hydrogens (tertiary/aromatic N) is 3. The molecule has 168 valence electrons. The number of non-ortho nitro benzene ring substituents is 1. The van der Waals surface area contributed by atoms with Crippen LogP contribution in [0.2, 0.25) is 5.02 Å². The SMILES string of the molecule is Cc1ccc(C)c(Oc2cc(NC(=O)c3cc(Cn4cc(Cl)cn4)cs3)cc([N+](=O)[O-])c2)c1. The first-order chi connectivity index (χ1) is 15.8. The number of nitrogens with one attached hydrogen (secondary N) is 1. The molecule has 0 saturated carbocycles. The van der Waals surface area contributed by atoms with Gasteiger partial charge in [0.1, 0.15) is 11.5 Å². The van der Waals surface area contributed by atoms with Gasteiger partial charge in [-0.05, 0) is 48.1 Å². The molecule has 2 aromatic carbocycles. The Morgan fingerprint density at radius 2 is 2.06 bits per heavy atom. The summed E-state index contributed by atoms with van der Waals surface area (Å²) in [5, 5.41) is 20.7. The van der Waals surface area contributed by atoms with Crippen LogP contribution in [0.4, 0.5) is 11.4 Å². The van der Waals surface area contributed by atoms with Gasteiger partial charge in [0, 0.05) is 18.3 Å². The van der Waals surface area contributed by atoms with Crippen LogP contribution in [0, 0.1) is 24.0 Å². The highest BCUT2D eigenvalue weighted by Crippen LogP contribution is 2.32. The fourth-order valence-electron chi connectivity index (χ4n) is 3.15. The monoisotopic (exact) mass is 482 g/mol. The summed E-state index contributed by atoms with van der Waals surface area (Å²) in [7, 11) is 0. The number of anilines is 1. The lowest BCUT2D eigenvalue weighted by atomic mass is 10.1. The number of aromatic nitrogens is 2. The number of nitro groups is 1. The Hall–Kier alpha value is -3.69. The van der Waals surface area contributed by atoms with Crippen LogP contribution in [0.15, 0.2) is 60.2 Å². The van der Waals surface area contributed by atoms with Gasteiger partial charge in [0.2, 0.25) is 0 Å². The Kier molecular flexibility index (Phi) is 6.43. The normalized spacial score (nSPS) is 10.8. The third-order valence-electron chi connectivity index (χ3n) is 4.76. The first kappa shape index (κ1) is 22.5. The lowest BCUT2D eigenvalue weighted by Crippen LogP contribution is -2.10. The van der Waals surface area contributed by atoms with E-state index in [0.717, 1.165) is 16.7 Å². The zero-order valence-electron chi connectivity index (χ0n) is 17.7. The average Bonchev–Trinajstić information content (AvgIpc) is 3.39. The number of hydrogen-bond acceptors (Lipinski definition) is 6. The van der Waals surface area contributed by atoms with E-state index in [1.54, 1.807) is 29.2 Å². The maximum atomic E-state index is 12.8. The van der Waals surface area contributed by atoms with Gasteiger partial charge in [-0.15, -0.1) is 11.3 Å². The highest BCUT2D eigenvalue weighted by molar-refractivity contribution is 7.12. The number of halogens is 1. The molecule has 0 aliphatic carbocycles. The molecule has 0 spiro atoms. The van der Waals surface area contributed by atoms with Crippen molar-refractivity contribution in [3.8, 4) is 11.5 Å². The molecule has 0 atom stereocenters. The van der Waals surface area contributed by atoms with Gasteiger partial charge in [-0.3, -0.25) is 19.6 Å². The molecular weight excluding hydrogens is 464 g/mol. The van der Waals surface area contributed by atoms with E-state index in [0.29, 0.717) is 22.2 Å². The minimum atomic E-state index is -0.524. The van der Waals surface area contributed by atoms with Crippen LogP contribution in [0.3, 0.4) is 0 Å². The highest BCUT2D eigenvalue weighted by atomic mass is 35.5. The summed E-state index contributed by atoms with van der Waals surface area (Å²) >= 11 is 7.16. The predicted octanol–water partition coefficient (Wildman–Crippen LogP) is 6.22. The zero-order chi connectivity index (χ0) is 23.5. The summed E-state index contributed by atoms with van der Waals surface area (Å²) in [6.45, 7) is 4.29. The number of carbonyl (C=O) groups excluding carboxylic acids is 1. The number of rotatable bonds is 7. The second-order valence-electron chi connectivity index (χ2n) is 7.47. The van der Waals surface area contributed by atoms with Gasteiger partial charge in [0.05, 0.1) is 39.3 Å². The topological polar surface area (TPSA) is 99.3 Å². The van der Waals surface area contributed by atoms with Crippen LogP contribution in [0.5, 0.6) is 11.5 Å². The second-order valence-corrected chi connectivity index (χ2v) is 8.82. The lowest BCUT2D eigenvalue weighted by Gasteiger charge is -2.11. The van der Waals surface area contributed by atoms with E-state index < -0.39 is 4.92 Å². The quantitative estimate of drug-likeness (QED) is 0.249. The molecular formula is C23H19ClN4O4S. The van der Waals surface area contributed by atoms with E-state index in [1.807, 2.05) is 37.4 Å². The summed E-state index contributed by atoms with van der Waals surface area (Å²) in [6, 6.07) is 11.7. The van der Waals surface area contributed by atoms with Gasteiger partial charge in [-0.2, -0.15) is 5.10 Å². The standard InChI is InChI=1S/C23H19ClN4O4S/c1-14-3-4-15(2)21(5-14)32-20-8-18(7-19(9-20)28(30)31)26-23(29)22-6-16(13-33-22)11-27-12-17(24)10-25-27/h3-10,12-13H,11H2,1-2H3,(H,26,29). The van der Waals surface area contributed by atoms with E-state index >= 15 is 0 Å². The molecule has 33 heavy (non-hydrogen) atoms. The lowest BCUT2D eigenvalue weighted by molar-refractivity contribution is -0.384. The van der Waals surface area contributed by atoms with Crippen LogP contribution in [-0.2, 0) is 6.54 Å². The van der Waals surface area contributed by atoms with Crippen LogP contribution in [0.1, 0.15) is 26.4 Å². The molecule has 0 aliphatic heterocycles. The van der Waals surface area contributed by atoms with Crippen molar-refractivity contribution in [1.29, 1.82) is 0 Å². The average molecular weight is 483 g/mol. The van der Waals surface area contributed by atoms with Crippen molar-refractivity contribution in [3.05, 3.63) is 96.9 Å². The first-order valence-electron chi connectivity index (χ1n) is 9.88. The van der Waals surface area contributed by atoms with Crippen LogP contribution in [0.25, 0.3) is 0 Å². The molecule has 4 rings (SSSR count). The van der Waals surface area contributed by atoms with Crippen LogP contribution in [-0.4, -0.2) is 20.6 Å². The first-order valence-corrected chi connectivity index (χ1v) is 11.1. The number of aryl methyl sites for hydroxylation is 2. The Morgan fingerprint density at radius 3 is 2.79 bits per heavy atom. The number of amides is 1. The Balaban J connectivity index is 1.54. The van der Waals surface area contributed by atoms with E-state index in [-0.39, 0.29) is 23.0 Å². The maximum Gasteiger partial charge on any atom is 0.275 e. The number of ether oxygens (including phenoxy) is 1. The van der Waals surface area contributed by atoms with E-state index in [9.17, 15) is 14.9 Å². The minimum absolute atomic E-state index is 0.185. The third-order valence-corrected chi connectivity index (χ3v) is 5.93. The Morgan fingerprint density at radius 1 is 1.24 bits per heavy atom. The van der Waals surface area contributed by atoms with Crippen molar-refractivity contribution in [2.45, 2.75) is 20.4 Å². The molecule has 0 radical (unpaired) electrons. The molecule has 4 aromatic rings. The number of nitro benzene ring substituents is 1. The molecule has 0 fully saturated rings. The number of benzene rings is 2. The van der Waals surface area contributed by atoms with Crippen molar-refractivity contribution in [2.24, 2.45) is 0 Å². The van der Waals surface area contributed by atoms with Crippen molar-refractivity contribution in [1.82, 2.24) is 9.78 Å². The van der Waals surface area contributed by atoms with Crippen LogP contribution < -0.4 is 10.1 Å². The number of thiophene rings is 1. The summed E-state index contributed by atoms with van der Waals surface area (Å²) in [5.74, 6) is 0.480. The number of hydrogen-bond donors (Lipinski definition) is 1. The summed E-state index contributed by atoms with van der Waals surface area (Å²) in [4.78, 5) is 24.2. The van der Waals surface area contributed by atoms with Gasteiger partial charge in [0.25, 0.3) is 11.6 Å². The van der Waals surface area contributed by atoms with Gasteiger partial charge in [-0.25, -0.2) is 0 Å². The Bertz CT molecular complexity index is 1350. The van der Waals surface area contributed by atoms with Gasteiger partial charge in [0.15, 0.2) is 0 Å². The molecule has 1 N–H and O–H groups in total. The van der Waals surface area contributed by atoms with E-state index in [1.165, 1.54) is 23.5 Å². The van der Waals surface area contributed by atoms with Crippen molar-refractivity contribution in [3.63, 3.8) is 0 Å².